The van der Waals surface area contributed by atoms with Gasteiger partial charge in [-0.1, -0.05) is 334 Å². The fourth-order valence-electron chi connectivity index (χ4n) is 10.9. The molecule has 1 amide bonds. The zero-order valence-corrected chi connectivity index (χ0v) is 50.4. The predicted molar refractivity (Wildman–Crippen MR) is 324 cm³/mol. The van der Waals surface area contributed by atoms with Crippen molar-refractivity contribution in [3.63, 3.8) is 0 Å². The molecule has 2 atom stereocenters. The van der Waals surface area contributed by atoms with Crippen molar-refractivity contribution in [3.05, 3.63) is 12.2 Å². The first-order valence-electron chi connectivity index (χ1n) is 33.9. The molecular weight excluding hydrogens is 911 g/mol. The molecule has 0 aliphatic heterocycles. The maximum absolute atomic E-state index is 12.5. The first kappa shape index (κ1) is 72.6. The van der Waals surface area contributed by atoms with Crippen LogP contribution in [0.2, 0.25) is 0 Å². The maximum atomic E-state index is 12.5. The Morgan fingerprint density at radius 3 is 0.959 bits per heavy atom. The number of rotatable bonds is 64. The number of allylic oxidation sites excluding steroid dienone is 2. The molecule has 440 valence electrons. The Morgan fingerprint density at radius 2 is 0.635 bits per heavy atom. The number of esters is 1. The van der Waals surface area contributed by atoms with Crippen molar-refractivity contribution < 1.29 is 24.5 Å². The lowest BCUT2D eigenvalue weighted by molar-refractivity contribution is -0.143. The largest absolute Gasteiger partial charge is 0.466 e. The van der Waals surface area contributed by atoms with Gasteiger partial charge in [0.15, 0.2) is 0 Å². The van der Waals surface area contributed by atoms with Gasteiger partial charge in [0.05, 0.1) is 25.4 Å². The molecule has 0 saturated carbocycles. The molecule has 74 heavy (non-hydrogen) atoms. The topological polar surface area (TPSA) is 95.9 Å². The van der Waals surface area contributed by atoms with Crippen molar-refractivity contribution in [2.75, 3.05) is 13.2 Å². The van der Waals surface area contributed by atoms with Crippen LogP contribution in [0, 0.1) is 0 Å². The average molecular weight is 1040 g/mol. The van der Waals surface area contributed by atoms with E-state index in [1.54, 1.807) is 0 Å². The van der Waals surface area contributed by atoms with Gasteiger partial charge >= 0.3 is 5.97 Å². The lowest BCUT2D eigenvalue weighted by Gasteiger charge is -2.22. The van der Waals surface area contributed by atoms with Gasteiger partial charge in [0.2, 0.25) is 5.91 Å². The Labute approximate surface area is 463 Å². The molecule has 0 aromatic rings. The molecule has 6 nitrogen and oxygen atoms in total. The number of hydrogen-bond acceptors (Lipinski definition) is 5. The molecule has 0 heterocycles. The van der Waals surface area contributed by atoms with Crippen molar-refractivity contribution in [2.24, 2.45) is 0 Å². The SMILES string of the molecule is CCCCCCCC/C=C\CCCCCCCC(=O)OCCCCCCCCCCCCCCCCCCCCCCCCCCCCCCCC(=O)NC(CO)C(O)CCCCCCCCCCCCCCC. The number of carbonyl (C=O) groups excluding carboxylic acids is 2. The van der Waals surface area contributed by atoms with Gasteiger partial charge in [0.1, 0.15) is 0 Å². The highest BCUT2D eigenvalue weighted by Crippen LogP contribution is 2.19. The van der Waals surface area contributed by atoms with Crippen LogP contribution >= 0.6 is 0 Å². The lowest BCUT2D eigenvalue weighted by atomic mass is 10.0. The Balaban J connectivity index is 3.31. The molecule has 0 aromatic carbocycles. The molecule has 6 heteroatoms. The van der Waals surface area contributed by atoms with Crippen molar-refractivity contribution in [2.45, 2.75) is 398 Å². The first-order valence-corrected chi connectivity index (χ1v) is 33.9. The molecule has 0 aliphatic carbocycles. The van der Waals surface area contributed by atoms with Gasteiger partial charge in [0, 0.05) is 12.8 Å². The van der Waals surface area contributed by atoms with E-state index in [-0.39, 0.29) is 18.5 Å². The molecule has 0 spiro atoms. The zero-order valence-electron chi connectivity index (χ0n) is 50.4. The Kier molecular flexibility index (Phi) is 62.9. The van der Waals surface area contributed by atoms with Crippen LogP contribution < -0.4 is 5.32 Å². The fraction of sp³-hybridized carbons (Fsp3) is 0.941. The number of aliphatic hydroxyl groups excluding tert-OH is 2. The van der Waals surface area contributed by atoms with E-state index in [2.05, 4.69) is 31.3 Å². The molecule has 2 unspecified atom stereocenters. The summed E-state index contributed by atoms with van der Waals surface area (Å²) in [5.41, 5.74) is 0. The normalized spacial score (nSPS) is 12.5. The highest BCUT2D eigenvalue weighted by Gasteiger charge is 2.20. The van der Waals surface area contributed by atoms with E-state index in [1.165, 1.54) is 308 Å². The second-order valence-corrected chi connectivity index (χ2v) is 23.5. The van der Waals surface area contributed by atoms with Crippen LogP contribution in [0.4, 0.5) is 0 Å². The standard InChI is InChI=1S/C68H133NO5/c1-3-5-7-9-11-13-15-17-33-38-42-46-50-54-58-62-68(73)74-63-59-55-51-47-43-39-35-32-30-28-26-24-22-20-18-19-21-23-25-27-29-31-34-37-41-45-49-53-57-61-67(72)69-65(64-70)66(71)60-56-52-48-44-40-36-16-14-12-10-8-6-4-2/h17,33,65-66,70-71H,3-16,18-32,34-64H2,1-2H3,(H,69,72)/b33-17-. The van der Waals surface area contributed by atoms with E-state index in [9.17, 15) is 19.8 Å². The second kappa shape index (κ2) is 64.1. The van der Waals surface area contributed by atoms with Crippen LogP contribution in [-0.4, -0.2) is 47.4 Å². The summed E-state index contributed by atoms with van der Waals surface area (Å²) in [5, 5.41) is 23.3. The molecule has 0 fully saturated rings. The highest BCUT2D eigenvalue weighted by molar-refractivity contribution is 5.76. The fourth-order valence-corrected chi connectivity index (χ4v) is 10.9. The highest BCUT2D eigenvalue weighted by atomic mass is 16.5. The molecule has 0 radical (unpaired) electrons. The van der Waals surface area contributed by atoms with Crippen LogP contribution in [0.25, 0.3) is 0 Å². The lowest BCUT2D eigenvalue weighted by Crippen LogP contribution is -2.45. The van der Waals surface area contributed by atoms with E-state index in [0.717, 1.165) is 44.9 Å². The number of aliphatic hydroxyl groups is 2. The minimum atomic E-state index is -0.660. The van der Waals surface area contributed by atoms with Gasteiger partial charge < -0.3 is 20.3 Å². The number of nitrogens with one attached hydrogen (secondary N) is 1. The summed E-state index contributed by atoms with van der Waals surface area (Å²) in [4.78, 5) is 24.5. The number of amides is 1. The van der Waals surface area contributed by atoms with Crippen molar-refractivity contribution in [1.82, 2.24) is 5.32 Å². The summed E-state index contributed by atoms with van der Waals surface area (Å²) in [6.07, 6.45) is 78.3. The predicted octanol–water partition coefficient (Wildman–Crippen LogP) is 21.6. The monoisotopic (exact) mass is 1040 g/mol. The average Bonchev–Trinajstić information content (AvgIpc) is 3.40. The number of hydrogen-bond donors (Lipinski definition) is 3. The van der Waals surface area contributed by atoms with Crippen LogP contribution in [0.5, 0.6) is 0 Å². The number of ether oxygens (including phenoxy) is 1. The Morgan fingerprint density at radius 1 is 0.365 bits per heavy atom. The van der Waals surface area contributed by atoms with Crippen LogP contribution in [0.1, 0.15) is 386 Å². The minimum Gasteiger partial charge on any atom is -0.466 e. The third-order valence-electron chi connectivity index (χ3n) is 16.1. The summed E-state index contributed by atoms with van der Waals surface area (Å²) in [6, 6.07) is -0.537. The Hall–Kier alpha value is -1.40. The van der Waals surface area contributed by atoms with E-state index in [4.69, 9.17) is 4.74 Å². The van der Waals surface area contributed by atoms with Crippen molar-refractivity contribution in [1.29, 1.82) is 0 Å². The van der Waals surface area contributed by atoms with E-state index in [0.29, 0.717) is 25.9 Å². The molecule has 0 saturated heterocycles. The summed E-state index contributed by atoms with van der Waals surface area (Å²) < 4.78 is 5.49. The molecule has 0 bridgehead atoms. The van der Waals surface area contributed by atoms with Crippen LogP contribution in [-0.2, 0) is 14.3 Å². The number of unbranched alkanes of at least 4 members (excludes halogenated alkanes) is 51. The van der Waals surface area contributed by atoms with Gasteiger partial charge in [-0.15, -0.1) is 0 Å². The van der Waals surface area contributed by atoms with E-state index >= 15 is 0 Å². The molecule has 3 N–H and O–H groups in total. The quantitative estimate of drug-likeness (QED) is 0.0320. The van der Waals surface area contributed by atoms with Crippen LogP contribution in [0.3, 0.4) is 0 Å². The molecular formula is C68H133NO5. The van der Waals surface area contributed by atoms with Crippen LogP contribution in [0.15, 0.2) is 12.2 Å². The molecule has 0 aromatic heterocycles. The van der Waals surface area contributed by atoms with Gasteiger partial charge in [-0.3, -0.25) is 9.59 Å². The van der Waals surface area contributed by atoms with Gasteiger partial charge in [-0.05, 0) is 51.4 Å². The van der Waals surface area contributed by atoms with Crippen molar-refractivity contribution >= 4 is 11.9 Å². The second-order valence-electron chi connectivity index (χ2n) is 23.5. The van der Waals surface area contributed by atoms with Gasteiger partial charge in [-0.25, -0.2) is 0 Å². The summed E-state index contributed by atoms with van der Waals surface area (Å²) in [6.45, 7) is 4.97. The smallest absolute Gasteiger partial charge is 0.305 e. The number of carbonyl (C=O) groups is 2. The van der Waals surface area contributed by atoms with Crippen molar-refractivity contribution in [3.8, 4) is 0 Å². The van der Waals surface area contributed by atoms with Gasteiger partial charge in [-0.2, -0.15) is 0 Å². The minimum absolute atomic E-state index is 0.0123. The third-order valence-corrected chi connectivity index (χ3v) is 16.1. The van der Waals surface area contributed by atoms with E-state index in [1.807, 2.05) is 0 Å². The zero-order chi connectivity index (χ0) is 53.6. The van der Waals surface area contributed by atoms with E-state index < -0.39 is 12.1 Å². The molecule has 0 aliphatic rings. The summed E-state index contributed by atoms with van der Waals surface area (Å²) >= 11 is 0. The van der Waals surface area contributed by atoms with Gasteiger partial charge in [0.25, 0.3) is 0 Å². The maximum Gasteiger partial charge on any atom is 0.305 e. The molecule has 0 rings (SSSR count). The summed E-state index contributed by atoms with van der Waals surface area (Å²) in [5.74, 6) is -0.0170. The summed E-state index contributed by atoms with van der Waals surface area (Å²) in [7, 11) is 0. The Bertz CT molecular complexity index is 1110. The third kappa shape index (κ3) is 59.8. The first-order chi connectivity index (χ1) is 36.5.